The molecule has 0 spiro atoms. The first-order chi connectivity index (χ1) is 10.8. The molecule has 0 fully saturated rings. The van der Waals surface area contributed by atoms with Crippen molar-refractivity contribution in [3.05, 3.63) is 34.4 Å². The van der Waals surface area contributed by atoms with Gasteiger partial charge >= 0.3 is 0 Å². The van der Waals surface area contributed by atoms with E-state index >= 15 is 0 Å². The molecule has 0 radical (unpaired) electrons. The lowest BCUT2D eigenvalue weighted by molar-refractivity contribution is -0.683. The normalized spacial score (nSPS) is 12.0. The van der Waals surface area contributed by atoms with Crippen molar-refractivity contribution in [1.29, 1.82) is 0 Å². The Kier molecular flexibility index (Phi) is 7.14. The minimum Gasteiger partial charge on any atom is -0.544 e. The first-order valence-electron chi connectivity index (χ1n) is 7.38. The zero-order valence-corrected chi connectivity index (χ0v) is 13.2. The molecule has 3 N–H and O–H groups in total. The Bertz CT molecular complexity index is 574. The number of hydrogen-bond donors (Lipinski definition) is 2. The molecule has 8 nitrogen and oxygen atoms in total. The summed E-state index contributed by atoms with van der Waals surface area (Å²) in [4.78, 5) is 33.1. The molecular formula is C15H21N3O5. The van der Waals surface area contributed by atoms with E-state index in [0.29, 0.717) is 12.5 Å². The van der Waals surface area contributed by atoms with Gasteiger partial charge in [-0.2, -0.15) is 0 Å². The SMILES string of the molecule is CC(C)CC[NH2+][C@H](CC(=O)Nc1cccc([N+](=O)[O-])c1)C(=O)[O-]. The van der Waals surface area contributed by atoms with Crippen LogP contribution in [0.4, 0.5) is 11.4 Å². The summed E-state index contributed by atoms with van der Waals surface area (Å²) in [5.74, 6) is -1.39. The largest absolute Gasteiger partial charge is 0.544 e. The maximum absolute atomic E-state index is 11.9. The van der Waals surface area contributed by atoms with Gasteiger partial charge in [0.25, 0.3) is 5.69 Å². The summed E-state index contributed by atoms with van der Waals surface area (Å²) >= 11 is 0. The van der Waals surface area contributed by atoms with Crippen LogP contribution in [0.1, 0.15) is 26.7 Å². The van der Waals surface area contributed by atoms with Gasteiger partial charge in [-0.1, -0.05) is 19.9 Å². The molecule has 0 saturated heterocycles. The van der Waals surface area contributed by atoms with Crippen LogP contribution < -0.4 is 15.7 Å². The number of benzene rings is 1. The van der Waals surface area contributed by atoms with Crippen LogP contribution in [-0.2, 0) is 9.59 Å². The van der Waals surface area contributed by atoms with Crippen LogP contribution in [0.5, 0.6) is 0 Å². The van der Waals surface area contributed by atoms with Gasteiger partial charge in [-0.05, 0) is 18.4 Å². The zero-order chi connectivity index (χ0) is 17.4. The van der Waals surface area contributed by atoms with E-state index in [4.69, 9.17) is 0 Å². The number of hydrogen-bond acceptors (Lipinski definition) is 5. The number of amides is 1. The molecule has 23 heavy (non-hydrogen) atoms. The number of anilines is 1. The van der Waals surface area contributed by atoms with Crippen molar-refractivity contribution in [1.82, 2.24) is 0 Å². The molecule has 1 amide bonds. The second kappa shape index (κ2) is 8.84. The van der Waals surface area contributed by atoms with E-state index in [1.165, 1.54) is 24.3 Å². The van der Waals surface area contributed by atoms with Gasteiger partial charge in [0.15, 0.2) is 0 Å². The summed E-state index contributed by atoms with van der Waals surface area (Å²) in [5, 5.41) is 25.8. The molecule has 1 atom stereocenters. The average Bonchev–Trinajstić information content (AvgIpc) is 2.45. The Morgan fingerprint density at radius 1 is 1.35 bits per heavy atom. The molecule has 0 aromatic heterocycles. The fourth-order valence-electron chi connectivity index (χ4n) is 2.00. The van der Waals surface area contributed by atoms with Crippen LogP contribution in [0.15, 0.2) is 24.3 Å². The van der Waals surface area contributed by atoms with Crippen LogP contribution >= 0.6 is 0 Å². The lowest BCUT2D eigenvalue weighted by atomic mass is 10.1. The number of nitrogens with two attached hydrogens (primary N) is 1. The minimum absolute atomic E-state index is 0.150. The van der Waals surface area contributed by atoms with Crippen molar-refractivity contribution >= 4 is 23.3 Å². The Morgan fingerprint density at radius 3 is 2.61 bits per heavy atom. The molecule has 0 bridgehead atoms. The molecule has 0 aliphatic heterocycles. The van der Waals surface area contributed by atoms with Gasteiger partial charge < -0.3 is 20.5 Å². The fourth-order valence-corrected chi connectivity index (χ4v) is 2.00. The molecule has 8 heteroatoms. The average molecular weight is 323 g/mol. The number of rotatable bonds is 9. The number of aliphatic carboxylic acids is 1. The van der Waals surface area contributed by atoms with E-state index in [9.17, 15) is 24.8 Å². The van der Waals surface area contributed by atoms with Crippen molar-refractivity contribution in [3.63, 3.8) is 0 Å². The smallest absolute Gasteiger partial charge is 0.271 e. The molecule has 0 aliphatic rings. The number of carbonyl (C=O) groups excluding carboxylic acids is 2. The fraction of sp³-hybridized carbons (Fsp3) is 0.467. The van der Waals surface area contributed by atoms with E-state index in [2.05, 4.69) is 5.32 Å². The molecular weight excluding hydrogens is 302 g/mol. The number of nitro groups is 1. The highest BCUT2D eigenvalue weighted by Crippen LogP contribution is 2.17. The first-order valence-corrected chi connectivity index (χ1v) is 7.38. The molecule has 0 heterocycles. The Labute approximate surface area is 134 Å². The van der Waals surface area contributed by atoms with Crippen molar-refractivity contribution in [2.24, 2.45) is 5.92 Å². The quantitative estimate of drug-likeness (QED) is 0.474. The van der Waals surface area contributed by atoms with E-state index in [-0.39, 0.29) is 17.8 Å². The Hall–Kier alpha value is -2.48. The van der Waals surface area contributed by atoms with Crippen LogP contribution in [0.25, 0.3) is 0 Å². The van der Waals surface area contributed by atoms with Crippen LogP contribution in [0.2, 0.25) is 0 Å². The molecule has 1 aromatic carbocycles. The van der Waals surface area contributed by atoms with Crippen molar-refractivity contribution in [2.45, 2.75) is 32.7 Å². The second-order valence-electron chi connectivity index (χ2n) is 5.69. The summed E-state index contributed by atoms with van der Waals surface area (Å²) in [7, 11) is 0. The van der Waals surface area contributed by atoms with Crippen LogP contribution in [-0.4, -0.2) is 29.4 Å². The predicted molar refractivity (Wildman–Crippen MR) is 81.4 cm³/mol. The molecule has 0 saturated carbocycles. The van der Waals surface area contributed by atoms with Crippen molar-refractivity contribution in [3.8, 4) is 0 Å². The summed E-state index contributed by atoms with van der Waals surface area (Å²) in [5.41, 5.74) is 0.103. The number of quaternary nitrogens is 1. The Morgan fingerprint density at radius 2 is 2.04 bits per heavy atom. The van der Waals surface area contributed by atoms with Crippen molar-refractivity contribution < 1.29 is 24.9 Å². The topological polar surface area (TPSA) is 129 Å². The molecule has 1 aromatic rings. The lowest BCUT2D eigenvalue weighted by Gasteiger charge is -2.17. The summed E-state index contributed by atoms with van der Waals surface area (Å²) < 4.78 is 0. The third-order valence-electron chi connectivity index (χ3n) is 3.24. The van der Waals surface area contributed by atoms with Gasteiger partial charge in [-0.3, -0.25) is 14.9 Å². The van der Waals surface area contributed by atoms with Crippen LogP contribution in [0.3, 0.4) is 0 Å². The van der Waals surface area contributed by atoms with E-state index in [1.54, 1.807) is 5.32 Å². The number of nitro benzene ring substituents is 1. The molecule has 0 aliphatic carbocycles. The number of carboxylic acid groups (broad SMARTS) is 1. The highest BCUT2D eigenvalue weighted by atomic mass is 16.6. The molecule has 0 unspecified atom stereocenters. The van der Waals surface area contributed by atoms with Gasteiger partial charge in [0.2, 0.25) is 5.91 Å². The van der Waals surface area contributed by atoms with Gasteiger partial charge in [0.05, 0.1) is 23.9 Å². The number of nitrogens with zero attached hydrogens (tertiary/aromatic N) is 1. The number of nitrogens with one attached hydrogen (secondary N) is 1. The highest BCUT2D eigenvalue weighted by molar-refractivity contribution is 5.93. The lowest BCUT2D eigenvalue weighted by Crippen LogP contribution is -2.93. The summed E-state index contributed by atoms with van der Waals surface area (Å²) in [6, 6.07) is 4.49. The zero-order valence-electron chi connectivity index (χ0n) is 13.2. The number of carboxylic acids is 1. The second-order valence-corrected chi connectivity index (χ2v) is 5.69. The summed E-state index contributed by atoms with van der Waals surface area (Å²) in [6.07, 6.45) is 0.569. The highest BCUT2D eigenvalue weighted by Gasteiger charge is 2.19. The van der Waals surface area contributed by atoms with Gasteiger partial charge in [0.1, 0.15) is 6.04 Å². The third kappa shape index (κ3) is 6.88. The van der Waals surface area contributed by atoms with Gasteiger partial charge in [0, 0.05) is 17.8 Å². The van der Waals surface area contributed by atoms with Gasteiger partial charge in [-0.25, -0.2) is 0 Å². The molecule has 126 valence electrons. The van der Waals surface area contributed by atoms with Gasteiger partial charge in [-0.15, -0.1) is 0 Å². The summed E-state index contributed by atoms with van der Waals surface area (Å²) in [6.45, 7) is 4.63. The number of non-ortho nitro benzene ring substituents is 1. The van der Waals surface area contributed by atoms with Crippen LogP contribution in [0, 0.1) is 16.0 Å². The Balaban J connectivity index is 2.60. The van der Waals surface area contributed by atoms with E-state index < -0.39 is 22.8 Å². The van der Waals surface area contributed by atoms with E-state index in [1.807, 2.05) is 13.8 Å². The predicted octanol–water partition coefficient (Wildman–Crippen LogP) is -0.349. The maximum Gasteiger partial charge on any atom is 0.271 e. The third-order valence-corrected chi connectivity index (χ3v) is 3.24. The number of carbonyl (C=O) groups is 2. The minimum atomic E-state index is -1.30. The first kappa shape index (κ1) is 18.6. The maximum atomic E-state index is 11.9. The molecule has 1 rings (SSSR count). The standard InChI is InChI=1S/C15H21N3O5/c1-10(2)6-7-16-13(15(20)21)9-14(19)17-11-4-3-5-12(8-11)18(22)23/h3-5,8,10,13,16H,6-7,9H2,1-2H3,(H,17,19)(H,20,21)/t13-/m1/s1. The van der Waals surface area contributed by atoms with Crippen molar-refractivity contribution in [2.75, 3.05) is 11.9 Å². The monoisotopic (exact) mass is 323 g/mol. The van der Waals surface area contributed by atoms with E-state index in [0.717, 1.165) is 6.42 Å².